The Kier molecular flexibility index (Phi) is 7.06. The molecule has 2 aromatic rings. The van der Waals surface area contributed by atoms with Gasteiger partial charge in [0.25, 0.3) is 0 Å². The van der Waals surface area contributed by atoms with Gasteiger partial charge in [-0.15, -0.1) is 0 Å². The van der Waals surface area contributed by atoms with Crippen molar-refractivity contribution < 1.29 is 18.1 Å². The van der Waals surface area contributed by atoms with Gasteiger partial charge in [-0.25, -0.2) is 13.1 Å². The van der Waals surface area contributed by atoms with E-state index in [2.05, 4.69) is 33.9 Å². The largest absolute Gasteiger partial charge is 0.495 e. The summed E-state index contributed by atoms with van der Waals surface area (Å²) in [6.07, 6.45) is 2.36. The van der Waals surface area contributed by atoms with E-state index in [4.69, 9.17) is 4.74 Å². The number of rotatable bonds is 8. The van der Waals surface area contributed by atoms with E-state index >= 15 is 0 Å². The van der Waals surface area contributed by atoms with Crippen LogP contribution in [-0.4, -0.2) is 49.3 Å². The van der Waals surface area contributed by atoms with Crippen molar-refractivity contribution in [3.63, 3.8) is 0 Å². The molecule has 0 amide bonds. The van der Waals surface area contributed by atoms with Crippen molar-refractivity contribution in [3.05, 3.63) is 53.1 Å². The Balaban J connectivity index is 1.86. The van der Waals surface area contributed by atoms with Crippen LogP contribution in [0, 0.1) is 13.8 Å². The van der Waals surface area contributed by atoms with Gasteiger partial charge in [0.05, 0.1) is 26.7 Å². The molecule has 1 atom stereocenters. The summed E-state index contributed by atoms with van der Waals surface area (Å²) in [5.41, 5.74) is 4.23. The van der Waals surface area contributed by atoms with Crippen LogP contribution >= 0.6 is 0 Å². The summed E-state index contributed by atoms with van der Waals surface area (Å²) in [6.45, 7) is 6.35. The monoisotopic (exact) mass is 432 g/mol. The Hall–Kier alpha value is -2.09. The summed E-state index contributed by atoms with van der Waals surface area (Å²) in [5.74, 6) is 0.381. The van der Waals surface area contributed by atoms with Gasteiger partial charge in [0.15, 0.2) is 0 Å². The number of nitrogens with zero attached hydrogens (tertiary/aromatic N) is 1. The van der Waals surface area contributed by atoms with Gasteiger partial charge >= 0.3 is 0 Å². The van der Waals surface area contributed by atoms with Gasteiger partial charge in [0.2, 0.25) is 10.0 Å². The van der Waals surface area contributed by atoms with Crippen molar-refractivity contribution >= 4 is 15.7 Å². The van der Waals surface area contributed by atoms with Crippen molar-refractivity contribution in [2.24, 2.45) is 0 Å². The molecule has 30 heavy (non-hydrogen) atoms. The molecule has 1 fully saturated rings. The number of hydrogen-bond donors (Lipinski definition) is 2. The second kappa shape index (κ2) is 9.37. The molecule has 1 heterocycles. The van der Waals surface area contributed by atoms with Gasteiger partial charge in [-0.2, -0.15) is 0 Å². The number of sulfonamides is 1. The highest BCUT2D eigenvalue weighted by molar-refractivity contribution is 7.89. The van der Waals surface area contributed by atoms with Crippen LogP contribution in [0.2, 0.25) is 0 Å². The topological polar surface area (TPSA) is 63.1 Å². The van der Waals surface area contributed by atoms with Crippen LogP contribution in [0.1, 0.15) is 35.6 Å². The Labute approximate surface area is 180 Å². The van der Waals surface area contributed by atoms with Crippen LogP contribution in [0.15, 0.2) is 41.3 Å². The maximum absolute atomic E-state index is 13.2. The predicted octanol–water partition coefficient (Wildman–Crippen LogP) is 2.08. The van der Waals surface area contributed by atoms with E-state index in [0.29, 0.717) is 12.3 Å². The molecule has 0 aliphatic carbocycles. The van der Waals surface area contributed by atoms with Crippen LogP contribution in [0.5, 0.6) is 5.75 Å². The van der Waals surface area contributed by atoms with E-state index < -0.39 is 10.0 Å². The van der Waals surface area contributed by atoms with Gasteiger partial charge in [-0.3, -0.25) is 0 Å². The summed E-state index contributed by atoms with van der Waals surface area (Å²) in [6, 6.07) is 12.0. The lowest BCUT2D eigenvalue weighted by molar-refractivity contribution is -0.918. The average Bonchev–Trinajstić information content (AvgIpc) is 3.24. The molecular formula is C23H34N3O3S+. The van der Waals surface area contributed by atoms with Crippen LogP contribution in [-0.2, 0) is 10.0 Å². The fraction of sp³-hybridized carbons (Fsp3) is 0.478. The third-order valence-corrected chi connectivity index (χ3v) is 7.54. The molecule has 2 aromatic carbocycles. The Morgan fingerprint density at radius 1 is 1.07 bits per heavy atom. The van der Waals surface area contributed by atoms with E-state index in [1.54, 1.807) is 12.1 Å². The molecule has 164 valence electrons. The second-order valence-corrected chi connectivity index (χ2v) is 10.1. The summed E-state index contributed by atoms with van der Waals surface area (Å²) in [4.78, 5) is 3.70. The number of ether oxygens (including phenoxy) is 1. The quantitative estimate of drug-likeness (QED) is 0.671. The highest BCUT2D eigenvalue weighted by Crippen LogP contribution is 2.27. The minimum atomic E-state index is -3.69. The number of nitrogens with one attached hydrogen (secondary N) is 2. The first-order valence-electron chi connectivity index (χ1n) is 10.5. The fourth-order valence-corrected chi connectivity index (χ4v) is 5.36. The van der Waals surface area contributed by atoms with Crippen molar-refractivity contribution in [3.8, 4) is 5.75 Å². The molecule has 3 rings (SSSR count). The minimum absolute atomic E-state index is 0.0797. The molecular weight excluding hydrogens is 398 g/mol. The first kappa shape index (κ1) is 22.6. The normalized spacial score (nSPS) is 15.9. The first-order valence-corrected chi connectivity index (χ1v) is 12.0. The second-order valence-electron chi connectivity index (χ2n) is 8.34. The molecule has 0 aromatic heterocycles. The molecule has 7 heteroatoms. The zero-order valence-electron chi connectivity index (χ0n) is 18.7. The SMILES string of the molecule is COc1cc(C)c(C)cc1S(=O)(=O)NC[C@@H](c1ccc(N(C)C)cc1)[NH+]1CCCC1. The van der Waals surface area contributed by atoms with Crippen LogP contribution in [0.25, 0.3) is 0 Å². The molecule has 6 nitrogen and oxygen atoms in total. The number of methoxy groups -OCH3 is 1. The molecule has 1 aliphatic rings. The molecule has 1 saturated heterocycles. The van der Waals surface area contributed by atoms with Crippen LogP contribution < -0.4 is 19.3 Å². The number of anilines is 1. The third-order valence-electron chi connectivity index (χ3n) is 6.10. The van der Waals surface area contributed by atoms with Crippen molar-refractivity contribution in [1.29, 1.82) is 0 Å². The van der Waals surface area contributed by atoms with Crippen LogP contribution in [0.3, 0.4) is 0 Å². The van der Waals surface area contributed by atoms with Gasteiger partial charge in [0, 0.05) is 38.2 Å². The van der Waals surface area contributed by atoms with E-state index in [-0.39, 0.29) is 10.9 Å². The minimum Gasteiger partial charge on any atom is -0.495 e. The van der Waals surface area contributed by atoms with Gasteiger partial charge in [0.1, 0.15) is 16.7 Å². The van der Waals surface area contributed by atoms with E-state index in [1.807, 2.05) is 27.9 Å². The predicted molar refractivity (Wildman–Crippen MR) is 121 cm³/mol. The number of aryl methyl sites for hydroxylation is 2. The molecule has 0 radical (unpaired) electrons. The van der Waals surface area contributed by atoms with E-state index in [9.17, 15) is 8.42 Å². The smallest absolute Gasteiger partial charge is 0.244 e. The first-order chi connectivity index (χ1) is 14.2. The average molecular weight is 433 g/mol. The number of quaternary nitrogens is 1. The number of benzene rings is 2. The summed E-state index contributed by atoms with van der Waals surface area (Å²) in [5, 5.41) is 0. The lowest BCUT2D eigenvalue weighted by atomic mass is 10.1. The molecule has 0 unspecified atom stereocenters. The summed E-state index contributed by atoms with van der Waals surface area (Å²) >= 11 is 0. The maximum atomic E-state index is 13.2. The Bertz CT molecular complexity index is 966. The van der Waals surface area contributed by atoms with Crippen molar-refractivity contribution in [2.45, 2.75) is 37.6 Å². The number of likely N-dealkylation sites (tertiary alicyclic amines) is 1. The van der Waals surface area contributed by atoms with Crippen LogP contribution in [0.4, 0.5) is 5.69 Å². The number of hydrogen-bond acceptors (Lipinski definition) is 4. The van der Waals surface area contributed by atoms with Gasteiger partial charge in [-0.05, 0) is 49.2 Å². The van der Waals surface area contributed by atoms with Crippen molar-refractivity contribution in [1.82, 2.24) is 4.72 Å². The van der Waals surface area contributed by atoms with E-state index in [0.717, 1.165) is 35.5 Å². The highest BCUT2D eigenvalue weighted by Gasteiger charge is 2.30. The molecule has 1 aliphatic heterocycles. The summed E-state index contributed by atoms with van der Waals surface area (Å²) < 4.78 is 34.6. The van der Waals surface area contributed by atoms with Gasteiger partial charge < -0.3 is 14.5 Å². The zero-order valence-corrected chi connectivity index (χ0v) is 19.5. The highest BCUT2D eigenvalue weighted by atomic mass is 32.2. The van der Waals surface area contributed by atoms with Crippen molar-refractivity contribution in [2.75, 3.05) is 45.7 Å². The van der Waals surface area contributed by atoms with E-state index in [1.165, 1.54) is 24.9 Å². The Morgan fingerprint density at radius 3 is 2.23 bits per heavy atom. The fourth-order valence-electron chi connectivity index (χ4n) is 4.08. The maximum Gasteiger partial charge on any atom is 0.244 e. The third kappa shape index (κ3) is 4.96. The standard InChI is InChI=1S/C23H33N3O3S/c1-17-14-22(29-5)23(15-18(17)2)30(27,28)24-16-21(26-12-6-7-13-26)19-8-10-20(11-9-19)25(3)4/h8-11,14-15,21,24H,6-7,12-13,16H2,1-5H3/p+1/t21-/m0/s1. The molecule has 0 spiro atoms. The van der Waals surface area contributed by atoms with Gasteiger partial charge in [-0.1, -0.05) is 12.1 Å². The lowest BCUT2D eigenvalue weighted by Crippen LogP contribution is -3.11. The molecule has 0 bridgehead atoms. The summed E-state index contributed by atoms with van der Waals surface area (Å²) in [7, 11) is 1.85. The molecule has 2 N–H and O–H groups in total. The lowest BCUT2D eigenvalue weighted by Gasteiger charge is -2.26. The Morgan fingerprint density at radius 2 is 1.67 bits per heavy atom. The molecule has 0 saturated carbocycles. The zero-order chi connectivity index (χ0) is 21.9.